The van der Waals surface area contributed by atoms with Gasteiger partial charge in [-0.15, -0.1) is 0 Å². The van der Waals surface area contributed by atoms with Gasteiger partial charge in [-0.2, -0.15) is 9.97 Å². The van der Waals surface area contributed by atoms with Crippen LogP contribution < -0.4 is 10.2 Å². The fourth-order valence-electron chi connectivity index (χ4n) is 3.45. The van der Waals surface area contributed by atoms with Crippen LogP contribution in [0, 0.1) is 19.7 Å². The molecule has 0 saturated heterocycles. The van der Waals surface area contributed by atoms with E-state index in [0.717, 1.165) is 51.1 Å². The number of anilines is 2. The Morgan fingerprint density at radius 2 is 1.89 bits per heavy atom. The molecule has 0 spiro atoms. The van der Waals surface area contributed by atoms with Crippen molar-refractivity contribution in [3.63, 3.8) is 0 Å². The van der Waals surface area contributed by atoms with Gasteiger partial charge in [-0.25, -0.2) is 4.39 Å². The quantitative estimate of drug-likeness (QED) is 0.501. The van der Waals surface area contributed by atoms with E-state index in [0.29, 0.717) is 12.5 Å². The fraction of sp³-hybridized carbons (Fsp3) is 0.300. The van der Waals surface area contributed by atoms with E-state index in [1.165, 1.54) is 6.07 Å². The number of aromatic amines is 2. The van der Waals surface area contributed by atoms with Gasteiger partial charge in [0.05, 0.1) is 5.39 Å². The molecule has 27 heavy (non-hydrogen) atoms. The highest BCUT2D eigenvalue weighted by atomic mass is 19.1. The van der Waals surface area contributed by atoms with Gasteiger partial charge in [0.15, 0.2) is 0 Å². The molecule has 0 atom stereocenters. The van der Waals surface area contributed by atoms with Gasteiger partial charge in [-0.1, -0.05) is 0 Å². The highest BCUT2D eigenvalue weighted by molar-refractivity contribution is 5.89. The Balaban J connectivity index is 1.61. The van der Waals surface area contributed by atoms with Crippen LogP contribution in [-0.4, -0.2) is 40.6 Å². The SMILES string of the molecule is Cc1cc2c(NCCc3c(C)[nH]c4ccc(F)cc34)nc(N(C)C)nc2[nH]1. The Labute approximate surface area is 156 Å². The van der Waals surface area contributed by atoms with Crippen LogP contribution in [0.15, 0.2) is 24.3 Å². The Morgan fingerprint density at radius 1 is 1.07 bits per heavy atom. The molecular weight excluding hydrogens is 343 g/mol. The van der Waals surface area contributed by atoms with Crippen molar-refractivity contribution in [2.24, 2.45) is 0 Å². The molecule has 4 rings (SSSR count). The normalized spacial score (nSPS) is 11.4. The van der Waals surface area contributed by atoms with Crippen molar-refractivity contribution >= 4 is 33.7 Å². The number of hydrogen-bond donors (Lipinski definition) is 3. The Kier molecular flexibility index (Phi) is 4.22. The zero-order chi connectivity index (χ0) is 19.1. The second kappa shape index (κ2) is 6.57. The van der Waals surface area contributed by atoms with E-state index in [2.05, 4.69) is 25.3 Å². The predicted molar refractivity (Wildman–Crippen MR) is 108 cm³/mol. The number of fused-ring (bicyclic) bond motifs is 2. The smallest absolute Gasteiger partial charge is 0.228 e. The van der Waals surface area contributed by atoms with Crippen LogP contribution in [0.4, 0.5) is 16.2 Å². The third-order valence-corrected chi connectivity index (χ3v) is 4.76. The second-order valence-electron chi connectivity index (χ2n) is 7.08. The molecule has 0 amide bonds. The van der Waals surface area contributed by atoms with Gasteiger partial charge in [0.25, 0.3) is 0 Å². The molecule has 140 valence electrons. The first-order valence-electron chi connectivity index (χ1n) is 8.97. The van der Waals surface area contributed by atoms with E-state index in [-0.39, 0.29) is 5.82 Å². The number of H-pyrrole nitrogens is 2. The number of aryl methyl sites for hydroxylation is 2. The first-order valence-corrected chi connectivity index (χ1v) is 8.97. The molecule has 4 aromatic rings. The summed E-state index contributed by atoms with van der Waals surface area (Å²) in [5, 5.41) is 5.35. The maximum absolute atomic E-state index is 13.7. The molecule has 6 nitrogen and oxygen atoms in total. The summed E-state index contributed by atoms with van der Waals surface area (Å²) in [5.74, 6) is 1.24. The first kappa shape index (κ1) is 17.3. The van der Waals surface area contributed by atoms with Gasteiger partial charge in [0.1, 0.15) is 17.3 Å². The minimum absolute atomic E-state index is 0.216. The lowest BCUT2D eigenvalue weighted by Gasteiger charge is -2.13. The number of nitrogens with one attached hydrogen (secondary N) is 3. The molecule has 3 N–H and O–H groups in total. The van der Waals surface area contributed by atoms with E-state index in [1.807, 2.05) is 38.9 Å². The van der Waals surface area contributed by atoms with Crippen LogP contribution in [0.25, 0.3) is 21.9 Å². The number of rotatable bonds is 5. The second-order valence-corrected chi connectivity index (χ2v) is 7.08. The van der Waals surface area contributed by atoms with Crippen molar-refractivity contribution in [2.45, 2.75) is 20.3 Å². The summed E-state index contributed by atoms with van der Waals surface area (Å²) in [7, 11) is 3.84. The lowest BCUT2D eigenvalue weighted by atomic mass is 10.1. The highest BCUT2D eigenvalue weighted by Gasteiger charge is 2.13. The van der Waals surface area contributed by atoms with E-state index in [9.17, 15) is 4.39 Å². The molecule has 0 saturated carbocycles. The summed E-state index contributed by atoms with van der Waals surface area (Å²) in [6.07, 6.45) is 0.765. The average Bonchev–Trinajstić information content (AvgIpc) is 3.13. The van der Waals surface area contributed by atoms with Gasteiger partial charge < -0.3 is 20.2 Å². The maximum atomic E-state index is 13.7. The standard InChI is InChI=1S/C20H23FN6/c1-11-9-16-18(25-20(27(3)4)26-19(16)23-11)22-8-7-14-12(2)24-17-6-5-13(21)10-15(14)17/h5-6,9-10,24H,7-8H2,1-4H3,(H2,22,23,25,26). The molecule has 0 aliphatic carbocycles. The molecule has 0 fully saturated rings. The minimum atomic E-state index is -0.216. The Hall–Kier alpha value is -3.09. The molecule has 0 aliphatic rings. The minimum Gasteiger partial charge on any atom is -0.369 e. The maximum Gasteiger partial charge on any atom is 0.228 e. The predicted octanol–water partition coefficient (Wildman–Crippen LogP) is 3.92. The Bertz CT molecular complexity index is 1120. The van der Waals surface area contributed by atoms with E-state index in [4.69, 9.17) is 0 Å². The summed E-state index contributed by atoms with van der Waals surface area (Å²) >= 11 is 0. The number of nitrogens with zero attached hydrogens (tertiary/aromatic N) is 3. The van der Waals surface area contributed by atoms with Crippen LogP contribution in [0.2, 0.25) is 0 Å². The van der Waals surface area contributed by atoms with Crippen LogP contribution in [0.5, 0.6) is 0 Å². The third-order valence-electron chi connectivity index (χ3n) is 4.76. The summed E-state index contributed by atoms with van der Waals surface area (Å²) in [6.45, 7) is 4.72. The van der Waals surface area contributed by atoms with E-state index in [1.54, 1.807) is 12.1 Å². The summed E-state index contributed by atoms with van der Waals surface area (Å²) in [4.78, 5) is 17.7. The molecule has 3 heterocycles. The van der Waals surface area contributed by atoms with Gasteiger partial charge in [-0.3, -0.25) is 0 Å². The molecule has 3 aromatic heterocycles. The molecule has 0 aliphatic heterocycles. The van der Waals surface area contributed by atoms with Crippen molar-refractivity contribution in [2.75, 3.05) is 30.9 Å². The third kappa shape index (κ3) is 3.20. The lowest BCUT2D eigenvalue weighted by Crippen LogP contribution is -2.15. The number of halogens is 1. The molecule has 0 radical (unpaired) electrons. The molecule has 1 aromatic carbocycles. The highest BCUT2D eigenvalue weighted by Crippen LogP contribution is 2.26. The molecule has 7 heteroatoms. The van der Waals surface area contributed by atoms with Crippen LogP contribution >= 0.6 is 0 Å². The van der Waals surface area contributed by atoms with Crippen molar-refractivity contribution in [1.82, 2.24) is 19.9 Å². The zero-order valence-electron chi connectivity index (χ0n) is 15.9. The average molecular weight is 366 g/mol. The van der Waals surface area contributed by atoms with Crippen molar-refractivity contribution in [3.05, 3.63) is 47.0 Å². The van der Waals surface area contributed by atoms with Crippen molar-refractivity contribution in [3.8, 4) is 0 Å². The number of benzene rings is 1. The van der Waals surface area contributed by atoms with Crippen molar-refractivity contribution in [1.29, 1.82) is 0 Å². The zero-order valence-corrected chi connectivity index (χ0v) is 15.9. The molecule has 0 unspecified atom stereocenters. The molecule has 0 bridgehead atoms. The first-order chi connectivity index (χ1) is 12.9. The lowest BCUT2D eigenvalue weighted by molar-refractivity contribution is 0.629. The molecular formula is C20H23FN6. The van der Waals surface area contributed by atoms with E-state index < -0.39 is 0 Å². The van der Waals surface area contributed by atoms with Crippen molar-refractivity contribution < 1.29 is 4.39 Å². The largest absolute Gasteiger partial charge is 0.369 e. The fourth-order valence-corrected chi connectivity index (χ4v) is 3.45. The van der Waals surface area contributed by atoms with Crippen LogP contribution in [0.3, 0.4) is 0 Å². The Morgan fingerprint density at radius 3 is 2.67 bits per heavy atom. The monoisotopic (exact) mass is 366 g/mol. The number of aromatic nitrogens is 4. The van der Waals surface area contributed by atoms with Crippen LogP contribution in [0.1, 0.15) is 17.0 Å². The van der Waals surface area contributed by atoms with Crippen LogP contribution in [-0.2, 0) is 6.42 Å². The van der Waals surface area contributed by atoms with Gasteiger partial charge in [0.2, 0.25) is 5.95 Å². The van der Waals surface area contributed by atoms with Gasteiger partial charge in [-0.05, 0) is 50.1 Å². The van der Waals surface area contributed by atoms with Gasteiger partial charge in [0, 0.05) is 42.9 Å². The summed E-state index contributed by atoms with van der Waals surface area (Å²) < 4.78 is 13.7. The summed E-state index contributed by atoms with van der Waals surface area (Å²) in [6, 6.07) is 6.91. The van der Waals surface area contributed by atoms with Gasteiger partial charge >= 0.3 is 0 Å². The summed E-state index contributed by atoms with van der Waals surface area (Å²) in [5.41, 5.74) is 5.02. The topological polar surface area (TPSA) is 72.6 Å². The number of hydrogen-bond acceptors (Lipinski definition) is 4. The van der Waals surface area contributed by atoms with E-state index >= 15 is 0 Å².